The van der Waals surface area contributed by atoms with Crippen molar-refractivity contribution in [3.8, 4) is 0 Å². The zero-order valence-electron chi connectivity index (χ0n) is 12.0. The van der Waals surface area contributed by atoms with Crippen LogP contribution in [0.5, 0.6) is 0 Å². The third-order valence-electron chi connectivity index (χ3n) is 2.72. The Hall–Kier alpha value is -1.86. The number of hydrogen-bond donors (Lipinski definition) is 2. The number of nitrogens with one attached hydrogen (secondary N) is 2. The van der Waals surface area contributed by atoms with E-state index in [0.29, 0.717) is 11.4 Å². The second kappa shape index (κ2) is 8.69. The molecule has 0 radical (unpaired) electrons. The van der Waals surface area contributed by atoms with Crippen LogP contribution in [0.4, 0.5) is 15.8 Å². The maximum atomic E-state index is 12.8. The van der Waals surface area contributed by atoms with Gasteiger partial charge in [-0.25, -0.2) is 4.39 Å². The predicted octanol–water partition coefficient (Wildman–Crippen LogP) is 3.90. The summed E-state index contributed by atoms with van der Waals surface area (Å²) in [5.74, 6) is -0.454. The highest BCUT2D eigenvalue weighted by Gasteiger charge is 2.07. The Kier molecular flexibility index (Phi) is 6.61. The smallest absolute Gasteiger partial charge is 0.234 e. The highest BCUT2D eigenvalue weighted by Crippen LogP contribution is 2.14. The van der Waals surface area contributed by atoms with Gasteiger partial charge in [0.1, 0.15) is 5.82 Å². The Morgan fingerprint density at radius 3 is 1.78 bits per heavy atom. The average molecular weight is 397 g/mol. The number of carbonyl (C=O) groups is 2. The Labute approximate surface area is 146 Å². The first-order chi connectivity index (χ1) is 11.0. The number of benzene rings is 2. The van der Waals surface area contributed by atoms with Crippen LogP contribution in [-0.2, 0) is 9.59 Å². The van der Waals surface area contributed by atoms with E-state index in [4.69, 9.17) is 0 Å². The molecule has 4 nitrogen and oxygen atoms in total. The molecule has 0 aliphatic carbocycles. The molecule has 0 bridgehead atoms. The molecule has 2 aromatic carbocycles. The fourth-order valence-electron chi connectivity index (χ4n) is 1.70. The van der Waals surface area contributed by atoms with Gasteiger partial charge in [0.05, 0.1) is 11.5 Å². The highest BCUT2D eigenvalue weighted by molar-refractivity contribution is 9.10. The van der Waals surface area contributed by atoms with Gasteiger partial charge in [0.15, 0.2) is 0 Å². The minimum atomic E-state index is -0.359. The molecule has 7 heteroatoms. The lowest BCUT2D eigenvalue weighted by atomic mass is 10.3. The number of halogens is 2. The SMILES string of the molecule is O=C(CSCC(=O)Nc1ccc(Br)cc1)Nc1ccc(F)cc1. The van der Waals surface area contributed by atoms with Crippen molar-refractivity contribution in [2.45, 2.75) is 0 Å². The predicted molar refractivity (Wildman–Crippen MR) is 95.1 cm³/mol. The Morgan fingerprint density at radius 2 is 1.30 bits per heavy atom. The Bertz CT molecular complexity index is 618. The first-order valence-electron chi connectivity index (χ1n) is 6.71. The van der Waals surface area contributed by atoms with E-state index in [1.165, 1.54) is 36.0 Å². The molecule has 0 fully saturated rings. The van der Waals surface area contributed by atoms with Crippen molar-refractivity contribution >= 4 is 50.9 Å². The van der Waals surface area contributed by atoms with Crippen LogP contribution in [0.3, 0.4) is 0 Å². The topological polar surface area (TPSA) is 58.2 Å². The summed E-state index contributed by atoms with van der Waals surface area (Å²) in [5, 5.41) is 5.38. The summed E-state index contributed by atoms with van der Waals surface area (Å²) in [6, 6.07) is 12.7. The maximum Gasteiger partial charge on any atom is 0.234 e. The van der Waals surface area contributed by atoms with E-state index in [-0.39, 0.29) is 29.1 Å². The van der Waals surface area contributed by atoms with Gasteiger partial charge in [-0.3, -0.25) is 9.59 Å². The van der Waals surface area contributed by atoms with Crippen molar-refractivity contribution in [1.29, 1.82) is 0 Å². The fourth-order valence-corrected chi connectivity index (χ4v) is 2.58. The van der Waals surface area contributed by atoms with E-state index >= 15 is 0 Å². The van der Waals surface area contributed by atoms with Crippen LogP contribution in [0.15, 0.2) is 53.0 Å². The molecule has 0 saturated heterocycles. The molecule has 0 spiro atoms. The molecule has 2 N–H and O–H groups in total. The summed E-state index contributed by atoms with van der Waals surface area (Å²) >= 11 is 4.53. The largest absolute Gasteiger partial charge is 0.325 e. The van der Waals surface area contributed by atoms with E-state index in [2.05, 4.69) is 26.6 Å². The van der Waals surface area contributed by atoms with Crippen molar-refractivity contribution < 1.29 is 14.0 Å². The number of anilines is 2. The van der Waals surface area contributed by atoms with Gasteiger partial charge in [-0.2, -0.15) is 0 Å². The highest BCUT2D eigenvalue weighted by atomic mass is 79.9. The molecule has 2 rings (SSSR count). The second-order valence-corrected chi connectivity index (χ2v) is 6.50. The van der Waals surface area contributed by atoms with Gasteiger partial charge in [0.25, 0.3) is 0 Å². The minimum Gasteiger partial charge on any atom is -0.325 e. The molecule has 0 unspecified atom stereocenters. The lowest BCUT2D eigenvalue weighted by molar-refractivity contribution is -0.114. The normalized spacial score (nSPS) is 10.2. The van der Waals surface area contributed by atoms with Gasteiger partial charge in [-0.05, 0) is 48.5 Å². The summed E-state index contributed by atoms with van der Waals surface area (Å²) in [7, 11) is 0. The molecule has 0 heterocycles. The van der Waals surface area contributed by atoms with E-state index in [1.54, 1.807) is 12.1 Å². The van der Waals surface area contributed by atoms with Crippen LogP contribution >= 0.6 is 27.7 Å². The molecule has 2 amide bonds. The Morgan fingerprint density at radius 1 is 0.870 bits per heavy atom. The van der Waals surface area contributed by atoms with E-state index in [9.17, 15) is 14.0 Å². The number of carbonyl (C=O) groups excluding carboxylic acids is 2. The molecule has 2 aromatic rings. The van der Waals surface area contributed by atoms with E-state index in [1.807, 2.05) is 12.1 Å². The van der Waals surface area contributed by atoms with Gasteiger partial charge in [0, 0.05) is 15.8 Å². The lowest BCUT2D eigenvalue weighted by Gasteiger charge is -2.06. The number of amides is 2. The quantitative estimate of drug-likeness (QED) is 0.778. The second-order valence-electron chi connectivity index (χ2n) is 4.60. The molecule has 0 saturated carbocycles. The fraction of sp³-hybridized carbons (Fsp3) is 0.125. The third kappa shape index (κ3) is 6.42. The summed E-state index contributed by atoms with van der Waals surface area (Å²) in [4.78, 5) is 23.5. The molecular weight excluding hydrogens is 383 g/mol. The first kappa shape index (κ1) is 17.5. The van der Waals surface area contributed by atoms with Crippen LogP contribution < -0.4 is 10.6 Å². The summed E-state index contributed by atoms with van der Waals surface area (Å²) in [5.41, 5.74) is 1.23. The zero-order chi connectivity index (χ0) is 16.7. The monoisotopic (exact) mass is 396 g/mol. The van der Waals surface area contributed by atoms with Gasteiger partial charge in [0.2, 0.25) is 11.8 Å². The van der Waals surface area contributed by atoms with Gasteiger partial charge < -0.3 is 10.6 Å². The van der Waals surface area contributed by atoms with Gasteiger partial charge in [-0.15, -0.1) is 11.8 Å². The molecule has 23 heavy (non-hydrogen) atoms. The molecule has 0 atom stereocenters. The average Bonchev–Trinajstić information content (AvgIpc) is 2.52. The first-order valence-corrected chi connectivity index (χ1v) is 8.66. The standard InChI is InChI=1S/C16H14BrFN2O2S/c17-11-1-5-13(6-2-11)19-15(21)9-23-10-16(22)20-14-7-3-12(18)4-8-14/h1-8H,9-10H2,(H,19,21)(H,20,22). The molecule has 0 aliphatic heterocycles. The van der Waals surface area contributed by atoms with Crippen LogP contribution in [-0.4, -0.2) is 23.3 Å². The molecule has 0 aliphatic rings. The van der Waals surface area contributed by atoms with Crippen molar-refractivity contribution in [1.82, 2.24) is 0 Å². The molecular formula is C16H14BrFN2O2S. The van der Waals surface area contributed by atoms with E-state index < -0.39 is 0 Å². The van der Waals surface area contributed by atoms with Gasteiger partial charge >= 0.3 is 0 Å². The van der Waals surface area contributed by atoms with Crippen LogP contribution in [0, 0.1) is 5.82 Å². The number of rotatable bonds is 6. The van der Waals surface area contributed by atoms with Crippen LogP contribution in [0.2, 0.25) is 0 Å². The zero-order valence-corrected chi connectivity index (χ0v) is 14.4. The summed E-state index contributed by atoms with van der Waals surface area (Å²) in [6.45, 7) is 0. The summed E-state index contributed by atoms with van der Waals surface area (Å²) < 4.78 is 13.7. The van der Waals surface area contributed by atoms with Crippen LogP contribution in [0.1, 0.15) is 0 Å². The summed E-state index contributed by atoms with van der Waals surface area (Å²) in [6.07, 6.45) is 0. The van der Waals surface area contributed by atoms with Crippen LogP contribution in [0.25, 0.3) is 0 Å². The number of hydrogen-bond acceptors (Lipinski definition) is 3. The van der Waals surface area contributed by atoms with Crippen molar-refractivity contribution in [2.24, 2.45) is 0 Å². The molecule has 0 aromatic heterocycles. The van der Waals surface area contributed by atoms with Crippen molar-refractivity contribution in [3.63, 3.8) is 0 Å². The number of thioether (sulfide) groups is 1. The molecule has 120 valence electrons. The Balaban J connectivity index is 1.69. The third-order valence-corrected chi connectivity index (χ3v) is 4.18. The minimum absolute atomic E-state index is 0.144. The van der Waals surface area contributed by atoms with Gasteiger partial charge in [-0.1, -0.05) is 15.9 Å². The lowest BCUT2D eigenvalue weighted by Crippen LogP contribution is -2.18. The van der Waals surface area contributed by atoms with E-state index in [0.717, 1.165) is 4.47 Å². The van der Waals surface area contributed by atoms with Crippen molar-refractivity contribution in [2.75, 3.05) is 22.1 Å². The maximum absolute atomic E-state index is 12.8. The van der Waals surface area contributed by atoms with Crippen molar-refractivity contribution in [3.05, 3.63) is 58.8 Å².